The van der Waals surface area contributed by atoms with Crippen LogP contribution in [0.25, 0.3) is 0 Å². The molecular formula is C19H38N6O6S. The number of aliphatic hydroxyl groups is 1. The lowest BCUT2D eigenvalue weighted by molar-refractivity contribution is -0.142. The molecule has 0 aliphatic rings. The third-order valence-electron chi connectivity index (χ3n) is 4.74. The standard InChI is InChI=1S/C19H38N6O6S/c1-11(26)15(25-16(27)12(22)10-32)18(29)23-13(6-2-4-8-20)17(28)24-14(19(30)31)7-3-5-9-21/h11-15,26,32H,2-10,20-22H2,1H3,(H,23,29)(H,24,28)(H,25,27)(H,30,31). The van der Waals surface area contributed by atoms with E-state index in [1.165, 1.54) is 6.92 Å². The van der Waals surface area contributed by atoms with E-state index in [0.29, 0.717) is 38.8 Å². The molecular weight excluding hydrogens is 440 g/mol. The van der Waals surface area contributed by atoms with Crippen LogP contribution in [0.2, 0.25) is 0 Å². The summed E-state index contributed by atoms with van der Waals surface area (Å²) in [6.45, 7) is 2.09. The number of nitrogens with two attached hydrogens (primary N) is 3. The highest BCUT2D eigenvalue weighted by molar-refractivity contribution is 7.80. The predicted molar refractivity (Wildman–Crippen MR) is 123 cm³/mol. The van der Waals surface area contributed by atoms with Crippen molar-refractivity contribution < 1.29 is 29.4 Å². The number of aliphatic hydroxyl groups excluding tert-OH is 1. The molecule has 0 bridgehead atoms. The first-order chi connectivity index (χ1) is 15.1. The van der Waals surface area contributed by atoms with Gasteiger partial charge in [0.25, 0.3) is 0 Å². The Bertz CT molecular complexity index is 609. The van der Waals surface area contributed by atoms with Crippen LogP contribution in [0.3, 0.4) is 0 Å². The maximum Gasteiger partial charge on any atom is 0.326 e. The van der Waals surface area contributed by atoms with Crippen LogP contribution in [-0.4, -0.2) is 83.0 Å². The summed E-state index contributed by atoms with van der Waals surface area (Å²) in [7, 11) is 0. The lowest BCUT2D eigenvalue weighted by Gasteiger charge is -2.26. The number of aliphatic carboxylic acids is 1. The third-order valence-corrected chi connectivity index (χ3v) is 5.13. The normalized spacial score (nSPS) is 15.7. The van der Waals surface area contributed by atoms with Gasteiger partial charge in [-0.2, -0.15) is 12.6 Å². The molecule has 0 heterocycles. The summed E-state index contributed by atoms with van der Waals surface area (Å²) >= 11 is 3.92. The van der Waals surface area contributed by atoms with Gasteiger partial charge in [0.1, 0.15) is 18.1 Å². The van der Waals surface area contributed by atoms with Crippen LogP contribution in [0, 0.1) is 0 Å². The highest BCUT2D eigenvalue weighted by Gasteiger charge is 2.32. The van der Waals surface area contributed by atoms with Crippen LogP contribution in [0.5, 0.6) is 0 Å². The van der Waals surface area contributed by atoms with Gasteiger partial charge < -0.3 is 43.4 Å². The number of nitrogens with one attached hydrogen (secondary N) is 3. The average molecular weight is 479 g/mol. The van der Waals surface area contributed by atoms with Gasteiger partial charge in [0, 0.05) is 5.75 Å². The van der Waals surface area contributed by atoms with Crippen molar-refractivity contribution in [1.29, 1.82) is 0 Å². The second-order valence-electron chi connectivity index (χ2n) is 7.55. The van der Waals surface area contributed by atoms with Gasteiger partial charge in [-0.25, -0.2) is 4.79 Å². The van der Waals surface area contributed by atoms with Crippen molar-refractivity contribution in [2.24, 2.45) is 17.2 Å². The minimum atomic E-state index is -1.36. The molecule has 5 unspecified atom stereocenters. The summed E-state index contributed by atoms with van der Waals surface area (Å²) in [6.07, 6.45) is 1.32. The van der Waals surface area contributed by atoms with Crippen molar-refractivity contribution in [3.63, 3.8) is 0 Å². The summed E-state index contributed by atoms with van der Waals surface area (Å²) < 4.78 is 0. The second-order valence-corrected chi connectivity index (χ2v) is 7.91. The van der Waals surface area contributed by atoms with Gasteiger partial charge in [-0.05, 0) is 58.5 Å². The number of carboxylic acids is 1. The van der Waals surface area contributed by atoms with E-state index in [0.717, 1.165) is 0 Å². The molecule has 0 rings (SSSR count). The number of hydrogen-bond acceptors (Lipinski definition) is 9. The average Bonchev–Trinajstić information content (AvgIpc) is 2.74. The van der Waals surface area contributed by atoms with E-state index in [1.54, 1.807) is 0 Å². The predicted octanol–water partition coefficient (Wildman–Crippen LogP) is -2.58. The lowest BCUT2D eigenvalue weighted by atomic mass is 10.0. The molecule has 5 atom stereocenters. The number of unbranched alkanes of at least 4 members (excludes halogenated alkanes) is 2. The number of carboxylic acid groups (broad SMARTS) is 1. The fourth-order valence-corrected chi connectivity index (χ4v) is 2.96. The van der Waals surface area contributed by atoms with Crippen molar-refractivity contribution in [2.45, 2.75) is 75.7 Å². The number of thiol groups is 1. The third kappa shape index (κ3) is 11.6. The number of carbonyl (C=O) groups excluding carboxylic acids is 3. The lowest BCUT2D eigenvalue weighted by Crippen LogP contribution is -2.60. The zero-order chi connectivity index (χ0) is 24.7. The second kappa shape index (κ2) is 16.7. The molecule has 12 nitrogen and oxygen atoms in total. The topological polar surface area (TPSA) is 223 Å². The monoisotopic (exact) mass is 478 g/mol. The molecule has 3 amide bonds. The Morgan fingerprint density at radius 2 is 1.34 bits per heavy atom. The minimum absolute atomic E-state index is 0.0326. The van der Waals surface area contributed by atoms with E-state index in [-0.39, 0.29) is 18.6 Å². The summed E-state index contributed by atoms with van der Waals surface area (Å²) in [5.41, 5.74) is 16.5. The van der Waals surface area contributed by atoms with Gasteiger partial charge in [-0.3, -0.25) is 14.4 Å². The van der Waals surface area contributed by atoms with Gasteiger partial charge >= 0.3 is 5.97 Å². The highest BCUT2D eigenvalue weighted by Crippen LogP contribution is 2.06. The number of rotatable bonds is 17. The minimum Gasteiger partial charge on any atom is -0.480 e. The summed E-state index contributed by atoms with van der Waals surface area (Å²) in [5.74, 6) is -3.33. The van der Waals surface area contributed by atoms with Crippen LogP contribution >= 0.6 is 12.6 Å². The van der Waals surface area contributed by atoms with Crippen LogP contribution in [0.15, 0.2) is 0 Å². The van der Waals surface area contributed by atoms with E-state index in [1.807, 2.05) is 0 Å². The number of amides is 3. The Hall–Kier alpha value is -1.93. The zero-order valence-electron chi connectivity index (χ0n) is 18.5. The van der Waals surface area contributed by atoms with E-state index < -0.39 is 54.0 Å². The molecule has 0 radical (unpaired) electrons. The zero-order valence-corrected chi connectivity index (χ0v) is 19.4. The number of hydrogen-bond donors (Lipinski definition) is 9. The molecule has 0 saturated carbocycles. The van der Waals surface area contributed by atoms with Crippen molar-refractivity contribution in [1.82, 2.24) is 16.0 Å². The molecule has 11 N–H and O–H groups in total. The fourth-order valence-electron chi connectivity index (χ4n) is 2.79. The summed E-state index contributed by atoms with van der Waals surface area (Å²) in [4.78, 5) is 49.0. The molecule has 0 saturated heterocycles. The van der Waals surface area contributed by atoms with Gasteiger partial charge in [0.15, 0.2) is 0 Å². The van der Waals surface area contributed by atoms with Crippen molar-refractivity contribution in [3.8, 4) is 0 Å². The van der Waals surface area contributed by atoms with Crippen LogP contribution in [0.4, 0.5) is 0 Å². The highest BCUT2D eigenvalue weighted by atomic mass is 32.1. The SMILES string of the molecule is CC(O)C(NC(=O)C(N)CS)C(=O)NC(CCCCN)C(=O)NC(CCCCN)C(=O)O. The quantitative estimate of drug-likeness (QED) is 0.0789. The molecule has 0 aliphatic heterocycles. The first kappa shape index (κ1) is 30.1. The number of carbonyl (C=O) groups is 4. The molecule has 186 valence electrons. The molecule has 32 heavy (non-hydrogen) atoms. The molecule has 13 heteroatoms. The van der Waals surface area contributed by atoms with E-state index >= 15 is 0 Å². The van der Waals surface area contributed by atoms with E-state index in [2.05, 4.69) is 28.6 Å². The first-order valence-electron chi connectivity index (χ1n) is 10.7. The molecule has 0 aromatic heterocycles. The van der Waals surface area contributed by atoms with Crippen LogP contribution in [0.1, 0.15) is 45.4 Å². The molecule has 0 aromatic rings. The smallest absolute Gasteiger partial charge is 0.326 e. The van der Waals surface area contributed by atoms with Crippen molar-refractivity contribution in [2.75, 3.05) is 18.8 Å². The van der Waals surface area contributed by atoms with Crippen LogP contribution < -0.4 is 33.2 Å². The Kier molecular flexibility index (Phi) is 15.7. The van der Waals surface area contributed by atoms with Gasteiger partial charge in [0.05, 0.1) is 12.1 Å². The van der Waals surface area contributed by atoms with Crippen molar-refractivity contribution >= 4 is 36.3 Å². The van der Waals surface area contributed by atoms with Gasteiger partial charge in [0.2, 0.25) is 17.7 Å². The molecule has 0 fully saturated rings. The van der Waals surface area contributed by atoms with E-state index in [4.69, 9.17) is 17.2 Å². The summed E-state index contributed by atoms with van der Waals surface area (Å²) in [6, 6.07) is -4.57. The van der Waals surface area contributed by atoms with Gasteiger partial charge in [-0.15, -0.1) is 0 Å². The Balaban J connectivity index is 5.35. The molecule has 0 aliphatic carbocycles. The van der Waals surface area contributed by atoms with Crippen LogP contribution in [-0.2, 0) is 19.2 Å². The Morgan fingerprint density at radius 1 is 0.844 bits per heavy atom. The maximum absolute atomic E-state index is 12.8. The molecule has 0 aromatic carbocycles. The first-order valence-corrected chi connectivity index (χ1v) is 11.3. The molecule has 0 spiro atoms. The fraction of sp³-hybridized carbons (Fsp3) is 0.789. The maximum atomic E-state index is 12.8. The van der Waals surface area contributed by atoms with Crippen molar-refractivity contribution in [3.05, 3.63) is 0 Å². The Morgan fingerprint density at radius 3 is 1.78 bits per heavy atom. The Labute approximate surface area is 193 Å². The van der Waals surface area contributed by atoms with Gasteiger partial charge in [-0.1, -0.05) is 0 Å². The summed E-state index contributed by atoms with van der Waals surface area (Å²) in [5, 5.41) is 26.6. The van der Waals surface area contributed by atoms with E-state index in [9.17, 15) is 29.4 Å². The largest absolute Gasteiger partial charge is 0.480 e.